The molecule has 0 spiro atoms. The maximum absolute atomic E-state index is 5.49. The Balaban J connectivity index is 1.64. The van der Waals surface area contributed by atoms with Gasteiger partial charge < -0.3 is 14.2 Å². The van der Waals surface area contributed by atoms with Gasteiger partial charge in [-0.05, 0) is 12.1 Å². The summed E-state index contributed by atoms with van der Waals surface area (Å²) in [5.74, 6) is 2.02. The zero-order valence-corrected chi connectivity index (χ0v) is 11.5. The van der Waals surface area contributed by atoms with Crippen molar-refractivity contribution in [2.75, 3.05) is 12.4 Å². The van der Waals surface area contributed by atoms with Crippen molar-refractivity contribution in [2.24, 2.45) is 0 Å². The highest BCUT2D eigenvalue weighted by Crippen LogP contribution is 2.28. The second-order valence-electron chi connectivity index (χ2n) is 3.39. The highest BCUT2D eigenvalue weighted by Gasteiger charge is 2.12. The molecular formula is C10H9N5O2S2. The lowest BCUT2D eigenvalue weighted by Crippen LogP contribution is -1.84. The first-order chi connectivity index (χ1) is 9.35. The van der Waals surface area contributed by atoms with Crippen LogP contribution in [0.3, 0.4) is 0 Å². The van der Waals surface area contributed by atoms with Crippen molar-refractivity contribution < 1.29 is 8.83 Å². The third-order valence-corrected chi connectivity index (χ3v) is 4.20. The minimum atomic E-state index is 0.383. The van der Waals surface area contributed by atoms with E-state index in [9.17, 15) is 0 Å². The maximum Gasteiger partial charge on any atom is 0.283 e. The molecule has 1 N–H and O–H groups in total. The molecule has 0 amide bonds. The van der Waals surface area contributed by atoms with Gasteiger partial charge in [-0.2, -0.15) is 0 Å². The summed E-state index contributed by atoms with van der Waals surface area (Å²) in [6.07, 6.45) is 1.56. The molecule has 0 radical (unpaired) electrons. The predicted molar refractivity (Wildman–Crippen MR) is 71.0 cm³/mol. The zero-order chi connectivity index (χ0) is 13.1. The molecule has 0 atom stereocenters. The summed E-state index contributed by atoms with van der Waals surface area (Å²) in [4.78, 5) is 0. The molecule has 0 bridgehead atoms. The van der Waals surface area contributed by atoms with Crippen LogP contribution in [0.25, 0.3) is 11.7 Å². The first-order valence-electron chi connectivity index (χ1n) is 5.35. The standard InChI is InChI=1S/C10H9N5O2S2/c1-11-9-14-15-10(19-9)18-5-7-12-13-8(17-7)6-3-2-4-16-6/h2-4H,5H2,1H3,(H,11,14). The van der Waals surface area contributed by atoms with Crippen LogP contribution in [0.15, 0.2) is 31.6 Å². The van der Waals surface area contributed by atoms with Gasteiger partial charge in [0.1, 0.15) is 0 Å². The number of nitrogens with one attached hydrogen (secondary N) is 1. The third-order valence-electron chi connectivity index (χ3n) is 2.14. The lowest BCUT2D eigenvalue weighted by Gasteiger charge is -1.90. The van der Waals surface area contributed by atoms with Gasteiger partial charge in [0.25, 0.3) is 5.89 Å². The number of hydrogen-bond donors (Lipinski definition) is 1. The minimum Gasteiger partial charge on any atom is -0.459 e. The van der Waals surface area contributed by atoms with Crippen molar-refractivity contribution >= 4 is 28.2 Å². The molecule has 0 saturated heterocycles. The Morgan fingerprint density at radius 2 is 2.26 bits per heavy atom. The summed E-state index contributed by atoms with van der Waals surface area (Å²) in [5, 5.41) is 19.6. The van der Waals surface area contributed by atoms with Crippen LogP contribution in [0, 0.1) is 0 Å². The van der Waals surface area contributed by atoms with Crippen LogP contribution in [-0.4, -0.2) is 27.4 Å². The van der Waals surface area contributed by atoms with Crippen molar-refractivity contribution in [1.82, 2.24) is 20.4 Å². The van der Waals surface area contributed by atoms with Crippen LogP contribution in [0.4, 0.5) is 5.13 Å². The quantitative estimate of drug-likeness (QED) is 0.718. The fourth-order valence-electron chi connectivity index (χ4n) is 1.30. The Labute approximate surface area is 116 Å². The van der Waals surface area contributed by atoms with Gasteiger partial charge in [0.15, 0.2) is 10.1 Å². The Morgan fingerprint density at radius 3 is 3.00 bits per heavy atom. The van der Waals surface area contributed by atoms with Gasteiger partial charge in [0, 0.05) is 7.05 Å². The first kappa shape index (κ1) is 12.2. The van der Waals surface area contributed by atoms with E-state index < -0.39 is 0 Å². The maximum atomic E-state index is 5.49. The largest absolute Gasteiger partial charge is 0.459 e. The van der Waals surface area contributed by atoms with Crippen LogP contribution in [0.5, 0.6) is 0 Å². The van der Waals surface area contributed by atoms with Crippen molar-refractivity contribution in [3.8, 4) is 11.7 Å². The molecule has 3 rings (SSSR count). The van der Waals surface area contributed by atoms with E-state index in [1.165, 1.54) is 23.1 Å². The topological polar surface area (TPSA) is 89.9 Å². The monoisotopic (exact) mass is 295 g/mol. The molecule has 0 saturated carbocycles. The van der Waals surface area contributed by atoms with Gasteiger partial charge in [0.2, 0.25) is 11.0 Å². The van der Waals surface area contributed by atoms with Gasteiger partial charge >= 0.3 is 0 Å². The summed E-state index contributed by atoms with van der Waals surface area (Å²) in [6, 6.07) is 3.54. The number of aromatic nitrogens is 4. The summed E-state index contributed by atoms with van der Waals surface area (Å²) in [7, 11) is 1.81. The predicted octanol–water partition coefficient (Wildman–Crippen LogP) is 2.52. The van der Waals surface area contributed by atoms with E-state index in [0.717, 1.165) is 9.47 Å². The van der Waals surface area contributed by atoms with Crippen molar-refractivity contribution in [3.63, 3.8) is 0 Å². The number of hydrogen-bond acceptors (Lipinski definition) is 9. The molecule has 0 aliphatic heterocycles. The number of nitrogens with zero attached hydrogens (tertiary/aromatic N) is 4. The molecule has 0 aliphatic carbocycles. The van der Waals surface area contributed by atoms with E-state index in [1.54, 1.807) is 18.4 Å². The molecule has 98 valence electrons. The molecule has 3 aromatic rings. The van der Waals surface area contributed by atoms with E-state index in [4.69, 9.17) is 8.83 Å². The van der Waals surface area contributed by atoms with Crippen molar-refractivity contribution in [3.05, 3.63) is 24.3 Å². The SMILES string of the molecule is CNc1nnc(SCc2nnc(-c3ccco3)o2)s1. The third kappa shape index (κ3) is 2.76. The Morgan fingerprint density at radius 1 is 1.32 bits per heavy atom. The number of furan rings is 1. The van der Waals surface area contributed by atoms with E-state index >= 15 is 0 Å². The van der Waals surface area contributed by atoms with Crippen LogP contribution < -0.4 is 5.32 Å². The molecule has 3 heterocycles. The molecule has 3 aromatic heterocycles. The molecule has 19 heavy (non-hydrogen) atoms. The van der Waals surface area contributed by atoms with Crippen LogP contribution in [0.2, 0.25) is 0 Å². The summed E-state index contributed by atoms with van der Waals surface area (Å²) in [5.41, 5.74) is 0. The lowest BCUT2D eigenvalue weighted by molar-refractivity contribution is 0.494. The van der Waals surface area contributed by atoms with E-state index in [2.05, 4.69) is 25.7 Å². The second kappa shape index (κ2) is 5.41. The number of rotatable bonds is 5. The molecule has 7 nitrogen and oxygen atoms in total. The smallest absolute Gasteiger partial charge is 0.283 e. The highest BCUT2D eigenvalue weighted by atomic mass is 32.2. The minimum absolute atomic E-state index is 0.383. The van der Waals surface area contributed by atoms with Gasteiger partial charge in [-0.15, -0.1) is 20.4 Å². The van der Waals surface area contributed by atoms with Crippen LogP contribution >= 0.6 is 23.1 Å². The van der Waals surface area contributed by atoms with Gasteiger partial charge in [-0.3, -0.25) is 0 Å². The average Bonchev–Trinajstić information content (AvgIpc) is 3.16. The molecule has 0 aromatic carbocycles. The fraction of sp³-hybridized carbons (Fsp3) is 0.200. The zero-order valence-electron chi connectivity index (χ0n) is 9.86. The molecule has 9 heteroatoms. The van der Waals surface area contributed by atoms with E-state index in [1.807, 2.05) is 7.05 Å². The molecule has 0 aliphatic rings. The Kier molecular flexibility index (Phi) is 3.47. The second-order valence-corrected chi connectivity index (χ2v) is 5.59. The number of anilines is 1. The van der Waals surface area contributed by atoms with E-state index in [-0.39, 0.29) is 0 Å². The number of thioether (sulfide) groups is 1. The van der Waals surface area contributed by atoms with Gasteiger partial charge in [-0.1, -0.05) is 23.1 Å². The average molecular weight is 295 g/mol. The summed E-state index contributed by atoms with van der Waals surface area (Å²) >= 11 is 2.98. The van der Waals surface area contributed by atoms with E-state index in [0.29, 0.717) is 23.3 Å². The Hall–Kier alpha value is -1.87. The van der Waals surface area contributed by atoms with Crippen LogP contribution in [0.1, 0.15) is 5.89 Å². The summed E-state index contributed by atoms with van der Waals surface area (Å²) in [6.45, 7) is 0. The normalized spacial score (nSPS) is 10.8. The highest BCUT2D eigenvalue weighted by molar-refractivity contribution is 8.00. The molecule has 0 fully saturated rings. The lowest BCUT2D eigenvalue weighted by atomic mass is 10.5. The van der Waals surface area contributed by atoms with Crippen LogP contribution in [-0.2, 0) is 5.75 Å². The summed E-state index contributed by atoms with van der Waals surface area (Å²) < 4.78 is 11.5. The van der Waals surface area contributed by atoms with Gasteiger partial charge in [0.05, 0.1) is 12.0 Å². The first-order valence-corrected chi connectivity index (χ1v) is 7.15. The fourth-order valence-corrected chi connectivity index (χ4v) is 2.85. The Bertz CT molecular complexity index is 648. The van der Waals surface area contributed by atoms with Gasteiger partial charge in [-0.25, -0.2) is 0 Å². The van der Waals surface area contributed by atoms with Crippen molar-refractivity contribution in [2.45, 2.75) is 10.1 Å². The van der Waals surface area contributed by atoms with Crippen molar-refractivity contribution in [1.29, 1.82) is 0 Å². The molecule has 0 unspecified atom stereocenters. The molecular weight excluding hydrogens is 286 g/mol.